The Hall–Kier alpha value is -3.06. The Kier molecular flexibility index (Phi) is 4.57. The van der Waals surface area contributed by atoms with Gasteiger partial charge in [-0.3, -0.25) is 22.3 Å². The molecule has 0 saturated carbocycles. The van der Waals surface area contributed by atoms with E-state index < -0.39 is 0 Å². The van der Waals surface area contributed by atoms with Crippen LogP contribution < -0.4 is 22.3 Å². The summed E-state index contributed by atoms with van der Waals surface area (Å²) < 4.78 is 0. The van der Waals surface area contributed by atoms with Crippen molar-refractivity contribution in [3.63, 3.8) is 0 Å². The predicted molar refractivity (Wildman–Crippen MR) is 95.4 cm³/mol. The Morgan fingerprint density at radius 2 is 1.23 bits per heavy atom. The third kappa shape index (κ3) is 3.21. The molecule has 2 aromatic carbocycles. The van der Waals surface area contributed by atoms with Crippen LogP contribution in [0.25, 0.3) is 22.1 Å². The molecule has 10 N–H and O–H groups in total. The molecule has 0 aliphatic rings. The smallest absolute Gasteiger partial charge is 0.270 e. The molecule has 126 valence electrons. The number of aromatic amines is 2. The maximum Gasteiger partial charge on any atom is 0.270 e. The van der Waals surface area contributed by atoms with Crippen molar-refractivity contribution in [1.29, 1.82) is 0 Å². The number of imidazole rings is 2. The van der Waals surface area contributed by atoms with E-state index in [4.69, 9.17) is 22.3 Å². The van der Waals surface area contributed by atoms with Gasteiger partial charge >= 0.3 is 0 Å². The zero-order chi connectivity index (χ0) is 17.6. The summed E-state index contributed by atoms with van der Waals surface area (Å²) in [5.74, 6) is 2.16. The van der Waals surface area contributed by atoms with Gasteiger partial charge in [-0.1, -0.05) is 0 Å². The molecule has 4 aromatic rings. The molecule has 0 aliphatic heterocycles. The fourth-order valence-corrected chi connectivity index (χ4v) is 2.81. The number of fused-ring (bicyclic) bond motifs is 2. The zero-order valence-electron chi connectivity index (χ0n) is 14.1. The second-order valence-electron chi connectivity index (χ2n) is 5.92. The monoisotopic (exact) mass is 398 g/mol. The number of H-pyrrole nitrogens is 2. The van der Waals surface area contributed by atoms with Crippen LogP contribution in [-0.2, 0) is 25.9 Å². The number of rotatable bonds is 4. The Labute approximate surface area is 161 Å². The van der Waals surface area contributed by atoms with Gasteiger partial charge in [-0.2, -0.15) is 0 Å². The molecule has 2 heterocycles. The van der Waals surface area contributed by atoms with Crippen LogP contribution >= 0.6 is 0 Å². The maximum absolute atomic E-state index is 5.64. The van der Waals surface area contributed by atoms with Gasteiger partial charge in [0.15, 0.2) is 0 Å². The molecule has 0 radical (unpaired) electrons. The van der Waals surface area contributed by atoms with Gasteiger partial charge in [0.05, 0.1) is 39.6 Å². The predicted octanol–water partition coefficient (Wildman–Crippen LogP) is -2.04. The number of hydrogen-bond donors (Lipinski definition) is 6. The van der Waals surface area contributed by atoms with Gasteiger partial charge in [0.2, 0.25) is 0 Å². The summed E-state index contributed by atoms with van der Waals surface area (Å²) in [5, 5.41) is 11.3. The molecule has 0 atom stereocenters. The summed E-state index contributed by atoms with van der Waals surface area (Å²) in [4.78, 5) is 15.7. The number of aromatic nitrogens is 4. The van der Waals surface area contributed by atoms with Gasteiger partial charge in [-0.25, -0.2) is 9.97 Å². The van der Waals surface area contributed by atoms with Crippen molar-refractivity contribution in [3.05, 3.63) is 59.2 Å². The van der Waals surface area contributed by atoms with E-state index in [2.05, 4.69) is 19.9 Å². The average Bonchev–Trinajstić information content (AvgIpc) is 3.15. The Bertz CT molecular complexity index is 1050. The molecule has 0 amide bonds. The van der Waals surface area contributed by atoms with E-state index in [1.54, 1.807) is 0 Å². The van der Waals surface area contributed by atoms with E-state index in [0.29, 0.717) is 6.42 Å². The van der Waals surface area contributed by atoms with E-state index in [-0.39, 0.29) is 31.1 Å². The first kappa shape index (κ1) is 17.8. The summed E-state index contributed by atoms with van der Waals surface area (Å²) in [7, 11) is 0. The first-order chi connectivity index (χ1) is 12.0. The van der Waals surface area contributed by atoms with Crippen LogP contribution in [0.1, 0.15) is 22.8 Å². The van der Waals surface area contributed by atoms with Crippen molar-refractivity contribution >= 4 is 33.7 Å². The molecule has 8 nitrogen and oxygen atoms in total. The minimum absolute atomic E-state index is 0. The summed E-state index contributed by atoms with van der Waals surface area (Å²) in [5.41, 5.74) is 16.3. The van der Waals surface area contributed by atoms with Crippen LogP contribution in [-0.4, -0.2) is 31.6 Å². The Balaban J connectivity index is 0.00000196. The first-order valence-corrected chi connectivity index (χ1v) is 7.73. The van der Waals surface area contributed by atoms with Crippen LogP contribution in [0.2, 0.25) is 0 Å². The number of benzene rings is 2. The van der Waals surface area contributed by atoms with Gasteiger partial charge in [-0.15, -0.1) is 0 Å². The molecule has 4 rings (SSSR count). The van der Waals surface area contributed by atoms with Crippen LogP contribution in [0, 0.1) is 0 Å². The SMILES string of the molecule is NC(=[NH2+])c1ccc2nc(Cc3nc4ccc(C(N)=[NH2+])cc4[nH]3)[nH]c2c1.[Zn]. The fraction of sp³-hybridized carbons (Fsp3) is 0.0588. The van der Waals surface area contributed by atoms with E-state index in [1.165, 1.54) is 0 Å². The molecule has 9 heteroatoms. The Morgan fingerprint density at radius 1 is 0.808 bits per heavy atom. The topological polar surface area (TPSA) is 161 Å². The second kappa shape index (κ2) is 6.69. The standard InChI is InChI=1S/C17H16N8.Zn/c18-16(19)8-1-3-10-12(5-8)24-14(22-10)7-15-23-11-4-2-9(17(20)21)6-13(11)25-15;/h1-6H,7H2,(H3,18,19)(H3,20,21)(H,22,24)(H,23,25);/p+2. The van der Waals surface area contributed by atoms with Gasteiger partial charge in [0, 0.05) is 19.5 Å². The van der Waals surface area contributed by atoms with Gasteiger partial charge in [0.25, 0.3) is 11.7 Å². The van der Waals surface area contributed by atoms with Crippen molar-refractivity contribution in [2.75, 3.05) is 0 Å². The minimum atomic E-state index is 0. The van der Waals surface area contributed by atoms with Crippen molar-refractivity contribution in [1.82, 2.24) is 19.9 Å². The Morgan fingerprint density at radius 3 is 1.62 bits per heavy atom. The quantitative estimate of drug-likeness (QED) is 0.132. The largest absolute Gasteiger partial charge is 0.342 e. The van der Waals surface area contributed by atoms with Crippen molar-refractivity contribution in [2.45, 2.75) is 6.42 Å². The molecule has 0 bridgehead atoms. The van der Waals surface area contributed by atoms with Crippen molar-refractivity contribution in [2.24, 2.45) is 11.5 Å². The summed E-state index contributed by atoms with van der Waals surface area (Å²) >= 11 is 0. The van der Waals surface area contributed by atoms with Crippen LogP contribution in [0.5, 0.6) is 0 Å². The molecule has 0 aliphatic carbocycles. The molecular formula is C17H18N8Zn+2. The third-order valence-corrected chi connectivity index (χ3v) is 4.06. The van der Waals surface area contributed by atoms with Crippen molar-refractivity contribution < 1.29 is 30.3 Å². The van der Waals surface area contributed by atoms with E-state index in [1.807, 2.05) is 36.4 Å². The van der Waals surface area contributed by atoms with Gasteiger partial charge in [-0.05, 0) is 36.4 Å². The average molecular weight is 400 g/mol. The van der Waals surface area contributed by atoms with E-state index >= 15 is 0 Å². The first-order valence-electron chi connectivity index (χ1n) is 7.73. The fourth-order valence-electron chi connectivity index (χ4n) is 2.81. The van der Waals surface area contributed by atoms with Crippen molar-refractivity contribution in [3.8, 4) is 0 Å². The number of hydrogen-bond acceptors (Lipinski definition) is 2. The van der Waals surface area contributed by atoms with Crippen LogP contribution in [0.3, 0.4) is 0 Å². The third-order valence-electron chi connectivity index (χ3n) is 4.06. The zero-order valence-corrected chi connectivity index (χ0v) is 17.0. The summed E-state index contributed by atoms with van der Waals surface area (Å²) in [6.07, 6.45) is 0.539. The van der Waals surface area contributed by atoms with Gasteiger partial charge in [0.1, 0.15) is 11.6 Å². The van der Waals surface area contributed by atoms with E-state index in [9.17, 15) is 0 Å². The number of nitrogens with two attached hydrogens (primary N) is 4. The summed E-state index contributed by atoms with van der Waals surface area (Å²) in [6.45, 7) is 0. The maximum atomic E-state index is 5.64. The normalized spacial score (nSPS) is 10.8. The molecule has 0 fully saturated rings. The van der Waals surface area contributed by atoms with Crippen LogP contribution in [0.4, 0.5) is 0 Å². The molecule has 0 spiro atoms. The molecule has 2 aromatic heterocycles. The molecular weight excluding hydrogens is 382 g/mol. The van der Waals surface area contributed by atoms with Gasteiger partial charge < -0.3 is 9.97 Å². The van der Waals surface area contributed by atoms with E-state index in [0.717, 1.165) is 44.8 Å². The number of nitrogens with one attached hydrogen (secondary N) is 2. The molecule has 26 heavy (non-hydrogen) atoms. The van der Waals surface area contributed by atoms with Crippen LogP contribution in [0.15, 0.2) is 36.4 Å². The molecule has 0 unspecified atom stereocenters. The molecule has 0 saturated heterocycles. The number of nitrogens with zero attached hydrogens (tertiary/aromatic N) is 2. The second-order valence-corrected chi connectivity index (χ2v) is 5.92. The number of amidine groups is 2. The summed E-state index contributed by atoms with van der Waals surface area (Å²) in [6, 6.07) is 11.2. The minimum Gasteiger partial charge on any atom is -0.342 e.